The van der Waals surface area contributed by atoms with E-state index in [-0.39, 0.29) is 17.1 Å². The van der Waals surface area contributed by atoms with Gasteiger partial charge < -0.3 is 5.11 Å². The molecule has 0 saturated heterocycles. The topological polar surface area (TPSA) is 37.3 Å². The van der Waals surface area contributed by atoms with E-state index in [4.69, 9.17) is 0 Å². The Balaban J connectivity index is 2.72. The summed E-state index contributed by atoms with van der Waals surface area (Å²) in [5, 5.41) is 9.85. The van der Waals surface area contributed by atoms with E-state index in [0.717, 1.165) is 6.42 Å². The molecule has 0 aromatic heterocycles. The van der Waals surface area contributed by atoms with Crippen molar-refractivity contribution in [2.24, 2.45) is 17.3 Å². The zero-order valence-electron chi connectivity index (χ0n) is 10.4. The van der Waals surface area contributed by atoms with Gasteiger partial charge in [0.15, 0.2) is 5.78 Å². The van der Waals surface area contributed by atoms with Crippen molar-refractivity contribution in [1.82, 2.24) is 0 Å². The SMILES string of the molecule is CC1=C(O)C(C(C)CC(C)(C)C)CC1=O. The summed E-state index contributed by atoms with van der Waals surface area (Å²) >= 11 is 0. The van der Waals surface area contributed by atoms with Crippen LogP contribution in [0.4, 0.5) is 0 Å². The van der Waals surface area contributed by atoms with Gasteiger partial charge in [-0.2, -0.15) is 0 Å². The Kier molecular flexibility index (Phi) is 3.27. The summed E-state index contributed by atoms with van der Waals surface area (Å²) in [6.45, 7) is 10.4. The number of hydrogen-bond donors (Lipinski definition) is 1. The van der Waals surface area contributed by atoms with Gasteiger partial charge in [-0.15, -0.1) is 0 Å². The highest BCUT2D eigenvalue weighted by molar-refractivity contribution is 5.98. The molecule has 0 fully saturated rings. The maximum Gasteiger partial charge on any atom is 0.162 e. The van der Waals surface area contributed by atoms with Crippen LogP contribution in [-0.4, -0.2) is 10.9 Å². The molecule has 0 amide bonds. The second-order valence-corrected chi connectivity index (χ2v) is 5.99. The predicted molar refractivity (Wildman–Crippen MR) is 61.7 cm³/mol. The van der Waals surface area contributed by atoms with Crippen LogP contribution in [0.15, 0.2) is 11.3 Å². The predicted octanol–water partition coefficient (Wildman–Crippen LogP) is 3.48. The van der Waals surface area contributed by atoms with E-state index < -0.39 is 0 Å². The molecule has 2 nitrogen and oxygen atoms in total. The first-order chi connectivity index (χ1) is 6.72. The molecule has 15 heavy (non-hydrogen) atoms. The van der Waals surface area contributed by atoms with E-state index in [1.54, 1.807) is 6.92 Å². The smallest absolute Gasteiger partial charge is 0.162 e. The van der Waals surface area contributed by atoms with E-state index >= 15 is 0 Å². The molecule has 0 aromatic rings. The molecule has 0 spiro atoms. The number of aliphatic hydroxyl groups excluding tert-OH is 1. The molecule has 0 aliphatic heterocycles. The minimum atomic E-state index is 0.0525. The Morgan fingerprint density at radius 1 is 1.47 bits per heavy atom. The van der Waals surface area contributed by atoms with Crippen molar-refractivity contribution in [3.8, 4) is 0 Å². The highest BCUT2D eigenvalue weighted by Crippen LogP contribution is 2.38. The maximum absolute atomic E-state index is 11.4. The summed E-state index contributed by atoms with van der Waals surface area (Å²) in [5.74, 6) is 0.859. The first-order valence-corrected chi connectivity index (χ1v) is 5.65. The van der Waals surface area contributed by atoms with E-state index in [1.165, 1.54) is 0 Å². The molecule has 1 aliphatic carbocycles. The van der Waals surface area contributed by atoms with Crippen molar-refractivity contribution in [2.45, 2.75) is 47.5 Å². The molecule has 1 N–H and O–H groups in total. The van der Waals surface area contributed by atoms with Gasteiger partial charge in [0.05, 0.1) is 0 Å². The molecule has 0 saturated carbocycles. The normalized spacial score (nSPS) is 24.9. The number of ketones is 1. The van der Waals surface area contributed by atoms with Crippen LogP contribution in [0.5, 0.6) is 0 Å². The lowest BCUT2D eigenvalue weighted by molar-refractivity contribution is -0.115. The zero-order valence-corrected chi connectivity index (χ0v) is 10.4. The molecule has 2 unspecified atom stereocenters. The van der Waals surface area contributed by atoms with Gasteiger partial charge in [0, 0.05) is 17.9 Å². The molecular weight excluding hydrogens is 188 g/mol. The Bertz CT molecular complexity index is 294. The lowest BCUT2D eigenvalue weighted by Gasteiger charge is -2.27. The first kappa shape index (κ1) is 12.3. The molecule has 0 aromatic carbocycles. The number of allylic oxidation sites excluding steroid dienone is 2. The van der Waals surface area contributed by atoms with E-state index in [9.17, 15) is 9.90 Å². The van der Waals surface area contributed by atoms with Crippen LogP contribution in [0, 0.1) is 17.3 Å². The van der Waals surface area contributed by atoms with Gasteiger partial charge in [-0.3, -0.25) is 4.79 Å². The maximum atomic E-state index is 11.4. The monoisotopic (exact) mass is 210 g/mol. The third kappa shape index (κ3) is 2.83. The molecule has 2 atom stereocenters. The van der Waals surface area contributed by atoms with Gasteiger partial charge in [0.1, 0.15) is 5.76 Å². The van der Waals surface area contributed by atoms with Gasteiger partial charge in [-0.1, -0.05) is 27.7 Å². The van der Waals surface area contributed by atoms with Crippen LogP contribution < -0.4 is 0 Å². The van der Waals surface area contributed by atoms with Crippen LogP contribution in [0.3, 0.4) is 0 Å². The molecule has 0 heterocycles. The van der Waals surface area contributed by atoms with Crippen LogP contribution in [0.25, 0.3) is 0 Å². The van der Waals surface area contributed by atoms with Crippen LogP contribution in [0.1, 0.15) is 47.5 Å². The summed E-state index contributed by atoms with van der Waals surface area (Å²) < 4.78 is 0. The lowest BCUT2D eigenvalue weighted by atomic mass is 9.79. The van der Waals surface area contributed by atoms with E-state index in [1.807, 2.05) is 0 Å². The summed E-state index contributed by atoms with van der Waals surface area (Å²) in [4.78, 5) is 11.4. The van der Waals surface area contributed by atoms with Gasteiger partial charge in [-0.25, -0.2) is 0 Å². The average Bonchev–Trinajstić information content (AvgIpc) is 2.30. The van der Waals surface area contributed by atoms with Crippen molar-refractivity contribution in [3.63, 3.8) is 0 Å². The minimum absolute atomic E-state index is 0.0525. The fourth-order valence-electron chi connectivity index (χ4n) is 2.45. The van der Waals surface area contributed by atoms with Crippen molar-refractivity contribution < 1.29 is 9.90 Å². The zero-order chi connectivity index (χ0) is 11.8. The number of rotatable bonds is 2. The lowest BCUT2D eigenvalue weighted by Crippen LogP contribution is -2.19. The number of Topliss-reactive ketones (excluding diaryl/α,β-unsaturated/α-hetero) is 1. The fraction of sp³-hybridized carbons (Fsp3) is 0.769. The number of carbonyl (C=O) groups is 1. The highest BCUT2D eigenvalue weighted by Gasteiger charge is 2.34. The van der Waals surface area contributed by atoms with Crippen molar-refractivity contribution in [1.29, 1.82) is 0 Å². The third-order valence-electron chi connectivity index (χ3n) is 3.18. The molecule has 86 valence electrons. The average molecular weight is 210 g/mol. The van der Waals surface area contributed by atoms with Gasteiger partial charge in [0.2, 0.25) is 0 Å². The second kappa shape index (κ2) is 3.99. The summed E-state index contributed by atoms with van der Waals surface area (Å²) in [5.41, 5.74) is 0.819. The Labute approximate surface area is 92.4 Å². The van der Waals surface area contributed by atoms with Crippen LogP contribution >= 0.6 is 0 Å². The number of hydrogen-bond acceptors (Lipinski definition) is 2. The molecule has 1 rings (SSSR count). The van der Waals surface area contributed by atoms with Crippen molar-refractivity contribution in [3.05, 3.63) is 11.3 Å². The third-order valence-corrected chi connectivity index (χ3v) is 3.18. The Hall–Kier alpha value is -0.790. The fourth-order valence-corrected chi connectivity index (χ4v) is 2.45. The first-order valence-electron chi connectivity index (χ1n) is 5.65. The largest absolute Gasteiger partial charge is 0.512 e. The standard InChI is InChI=1S/C13H22O2/c1-8(7-13(3,4)5)10-6-11(14)9(2)12(10)15/h8,10,15H,6-7H2,1-5H3. The highest BCUT2D eigenvalue weighted by atomic mass is 16.3. The summed E-state index contributed by atoms with van der Waals surface area (Å²) in [7, 11) is 0. The number of carbonyl (C=O) groups excluding carboxylic acids is 1. The van der Waals surface area contributed by atoms with E-state index in [2.05, 4.69) is 27.7 Å². The van der Waals surface area contributed by atoms with Crippen LogP contribution in [-0.2, 0) is 4.79 Å². The Morgan fingerprint density at radius 2 is 2.00 bits per heavy atom. The molecule has 2 heteroatoms. The van der Waals surface area contributed by atoms with Gasteiger partial charge in [-0.05, 0) is 24.7 Å². The summed E-state index contributed by atoms with van der Waals surface area (Å²) in [6.07, 6.45) is 1.52. The van der Waals surface area contributed by atoms with Crippen molar-refractivity contribution >= 4 is 5.78 Å². The van der Waals surface area contributed by atoms with Crippen molar-refractivity contribution in [2.75, 3.05) is 0 Å². The quantitative estimate of drug-likeness (QED) is 0.757. The molecule has 0 bridgehead atoms. The molecular formula is C13H22O2. The minimum Gasteiger partial charge on any atom is -0.512 e. The molecule has 0 radical (unpaired) electrons. The van der Waals surface area contributed by atoms with Gasteiger partial charge >= 0.3 is 0 Å². The summed E-state index contributed by atoms with van der Waals surface area (Å²) in [6, 6.07) is 0. The number of aliphatic hydroxyl groups is 1. The molecule has 1 aliphatic rings. The Morgan fingerprint density at radius 3 is 2.33 bits per heavy atom. The van der Waals surface area contributed by atoms with E-state index in [0.29, 0.717) is 23.7 Å². The van der Waals surface area contributed by atoms with Gasteiger partial charge in [0.25, 0.3) is 0 Å². The second-order valence-electron chi connectivity index (χ2n) is 5.99. The van der Waals surface area contributed by atoms with Crippen LogP contribution in [0.2, 0.25) is 0 Å².